The first kappa shape index (κ1) is 6.39. The van der Waals surface area contributed by atoms with Gasteiger partial charge in [0.05, 0.1) is 0 Å². The number of amides is 1. The van der Waals surface area contributed by atoms with Crippen molar-refractivity contribution in [2.75, 3.05) is 6.54 Å². The molecule has 1 aromatic heterocycles. The van der Waals surface area contributed by atoms with Gasteiger partial charge < -0.3 is 5.32 Å². The van der Waals surface area contributed by atoms with Crippen LogP contribution in [0.25, 0.3) is 0 Å². The normalized spacial score (nSPS) is 16.9. The lowest BCUT2D eigenvalue weighted by Crippen LogP contribution is -2.22. The smallest absolute Gasteiger partial charge is 0.269 e. The standard InChI is InChI=1S/C7H9N3O/c11-7-6-2-4-9-10(6)5-1-3-8-7/h2,4H,1,3,5H2,(H,8,11). The van der Waals surface area contributed by atoms with Crippen LogP contribution in [0.5, 0.6) is 0 Å². The summed E-state index contributed by atoms with van der Waals surface area (Å²) in [5, 5.41) is 6.81. The lowest BCUT2D eigenvalue weighted by molar-refractivity contribution is 0.0950. The molecular weight excluding hydrogens is 142 g/mol. The van der Waals surface area contributed by atoms with E-state index in [1.807, 2.05) is 0 Å². The van der Waals surface area contributed by atoms with Gasteiger partial charge in [-0.15, -0.1) is 0 Å². The van der Waals surface area contributed by atoms with Crippen molar-refractivity contribution in [3.05, 3.63) is 18.0 Å². The van der Waals surface area contributed by atoms with Gasteiger partial charge in [-0.2, -0.15) is 5.10 Å². The lowest BCUT2D eigenvalue weighted by Gasteiger charge is -1.97. The van der Waals surface area contributed by atoms with Crippen LogP contribution >= 0.6 is 0 Å². The predicted molar refractivity (Wildman–Crippen MR) is 39.2 cm³/mol. The van der Waals surface area contributed by atoms with E-state index in [1.54, 1.807) is 16.9 Å². The largest absolute Gasteiger partial charge is 0.351 e. The molecule has 0 aliphatic carbocycles. The van der Waals surface area contributed by atoms with Gasteiger partial charge in [-0.05, 0) is 12.5 Å². The maximum atomic E-state index is 11.2. The maximum Gasteiger partial charge on any atom is 0.269 e. The second-order valence-corrected chi connectivity index (χ2v) is 2.55. The molecule has 0 atom stereocenters. The van der Waals surface area contributed by atoms with E-state index in [0.717, 1.165) is 19.5 Å². The van der Waals surface area contributed by atoms with E-state index < -0.39 is 0 Å². The van der Waals surface area contributed by atoms with E-state index in [1.165, 1.54) is 0 Å². The Kier molecular flexibility index (Phi) is 1.38. The first-order valence-electron chi connectivity index (χ1n) is 3.68. The zero-order valence-electron chi connectivity index (χ0n) is 6.08. The molecule has 11 heavy (non-hydrogen) atoms. The molecule has 0 spiro atoms. The van der Waals surface area contributed by atoms with Gasteiger partial charge in [0, 0.05) is 19.3 Å². The van der Waals surface area contributed by atoms with Crippen LogP contribution in [0.3, 0.4) is 0 Å². The molecule has 0 saturated carbocycles. The molecule has 58 valence electrons. The van der Waals surface area contributed by atoms with Crippen LogP contribution in [0.1, 0.15) is 16.9 Å². The molecule has 1 aliphatic heterocycles. The van der Waals surface area contributed by atoms with Crippen molar-refractivity contribution in [1.82, 2.24) is 15.1 Å². The first-order valence-corrected chi connectivity index (χ1v) is 3.68. The number of nitrogens with zero attached hydrogens (tertiary/aromatic N) is 2. The molecule has 1 amide bonds. The number of aromatic nitrogens is 2. The third kappa shape index (κ3) is 1.00. The van der Waals surface area contributed by atoms with Crippen molar-refractivity contribution in [2.45, 2.75) is 13.0 Å². The molecule has 1 N–H and O–H groups in total. The second kappa shape index (κ2) is 2.38. The van der Waals surface area contributed by atoms with Crippen LogP contribution in [0.4, 0.5) is 0 Å². The Balaban J connectivity index is 2.41. The molecule has 0 unspecified atom stereocenters. The molecule has 0 fully saturated rings. The number of hydrogen-bond donors (Lipinski definition) is 1. The molecule has 0 bridgehead atoms. The molecular formula is C7H9N3O. The van der Waals surface area contributed by atoms with Gasteiger partial charge in [-0.25, -0.2) is 0 Å². The lowest BCUT2D eigenvalue weighted by atomic mass is 10.4. The fraction of sp³-hybridized carbons (Fsp3) is 0.429. The highest BCUT2D eigenvalue weighted by atomic mass is 16.2. The summed E-state index contributed by atoms with van der Waals surface area (Å²) >= 11 is 0. The van der Waals surface area contributed by atoms with Gasteiger partial charge >= 0.3 is 0 Å². The van der Waals surface area contributed by atoms with Gasteiger partial charge in [-0.3, -0.25) is 9.48 Å². The van der Waals surface area contributed by atoms with Crippen molar-refractivity contribution in [3.8, 4) is 0 Å². The Morgan fingerprint density at radius 3 is 3.45 bits per heavy atom. The Hall–Kier alpha value is -1.32. The molecule has 0 aromatic carbocycles. The van der Waals surface area contributed by atoms with Crippen molar-refractivity contribution in [1.29, 1.82) is 0 Å². The predicted octanol–water partition coefficient (Wildman–Crippen LogP) is 0.0166. The van der Waals surface area contributed by atoms with Gasteiger partial charge in [-0.1, -0.05) is 0 Å². The molecule has 0 saturated heterocycles. The summed E-state index contributed by atoms with van der Waals surface area (Å²) in [5.41, 5.74) is 0.669. The third-order valence-electron chi connectivity index (χ3n) is 1.78. The Labute approximate surface area is 64.2 Å². The van der Waals surface area contributed by atoms with Crippen LogP contribution < -0.4 is 5.32 Å². The number of carbonyl (C=O) groups excluding carboxylic acids is 1. The fourth-order valence-electron chi connectivity index (χ4n) is 1.23. The average Bonchev–Trinajstić information content (AvgIpc) is 2.40. The monoisotopic (exact) mass is 151 g/mol. The minimum Gasteiger partial charge on any atom is -0.351 e. The van der Waals surface area contributed by atoms with Crippen LogP contribution in [0, 0.1) is 0 Å². The highest BCUT2D eigenvalue weighted by Gasteiger charge is 2.13. The topological polar surface area (TPSA) is 46.9 Å². The van der Waals surface area contributed by atoms with Crippen molar-refractivity contribution < 1.29 is 4.79 Å². The molecule has 0 radical (unpaired) electrons. The highest BCUT2D eigenvalue weighted by Crippen LogP contribution is 2.02. The average molecular weight is 151 g/mol. The van der Waals surface area contributed by atoms with Crippen molar-refractivity contribution in [2.24, 2.45) is 0 Å². The van der Waals surface area contributed by atoms with E-state index in [0.29, 0.717) is 5.69 Å². The second-order valence-electron chi connectivity index (χ2n) is 2.55. The van der Waals surface area contributed by atoms with E-state index in [2.05, 4.69) is 10.4 Å². The zero-order chi connectivity index (χ0) is 7.68. The number of nitrogens with one attached hydrogen (secondary N) is 1. The summed E-state index contributed by atoms with van der Waals surface area (Å²) in [4.78, 5) is 11.2. The zero-order valence-corrected chi connectivity index (χ0v) is 6.08. The van der Waals surface area contributed by atoms with E-state index in [4.69, 9.17) is 0 Å². The summed E-state index contributed by atoms with van der Waals surface area (Å²) < 4.78 is 1.74. The SMILES string of the molecule is O=C1NCCCn2nccc21. The van der Waals surface area contributed by atoms with Crippen molar-refractivity contribution >= 4 is 5.91 Å². The van der Waals surface area contributed by atoms with E-state index in [-0.39, 0.29) is 5.91 Å². The van der Waals surface area contributed by atoms with Crippen LogP contribution in [-0.2, 0) is 6.54 Å². The van der Waals surface area contributed by atoms with Gasteiger partial charge in [0.1, 0.15) is 5.69 Å². The quantitative estimate of drug-likeness (QED) is 0.568. The van der Waals surface area contributed by atoms with Crippen LogP contribution in [-0.4, -0.2) is 22.2 Å². The summed E-state index contributed by atoms with van der Waals surface area (Å²) in [6, 6.07) is 1.74. The van der Waals surface area contributed by atoms with Gasteiger partial charge in [0.25, 0.3) is 5.91 Å². The third-order valence-corrected chi connectivity index (χ3v) is 1.78. The molecule has 2 heterocycles. The van der Waals surface area contributed by atoms with Crippen LogP contribution in [0.2, 0.25) is 0 Å². The molecule has 4 nitrogen and oxygen atoms in total. The molecule has 1 aliphatic rings. The van der Waals surface area contributed by atoms with Crippen molar-refractivity contribution in [3.63, 3.8) is 0 Å². The van der Waals surface area contributed by atoms with E-state index >= 15 is 0 Å². The van der Waals surface area contributed by atoms with Crippen LogP contribution in [0.15, 0.2) is 12.3 Å². The number of carbonyl (C=O) groups is 1. The van der Waals surface area contributed by atoms with Gasteiger partial charge in [0.2, 0.25) is 0 Å². The summed E-state index contributed by atoms with van der Waals surface area (Å²) in [7, 11) is 0. The molecule has 2 rings (SSSR count). The Morgan fingerprint density at radius 1 is 1.64 bits per heavy atom. The summed E-state index contributed by atoms with van der Waals surface area (Å²) in [6.07, 6.45) is 2.61. The minimum atomic E-state index is -0.0139. The molecule has 4 heteroatoms. The highest BCUT2D eigenvalue weighted by molar-refractivity contribution is 5.92. The van der Waals surface area contributed by atoms with E-state index in [9.17, 15) is 4.79 Å². The number of aryl methyl sites for hydroxylation is 1. The van der Waals surface area contributed by atoms with Gasteiger partial charge in [0.15, 0.2) is 0 Å². The number of fused-ring (bicyclic) bond motifs is 1. The molecule has 1 aromatic rings. The fourth-order valence-corrected chi connectivity index (χ4v) is 1.23. The first-order chi connectivity index (χ1) is 5.38. The summed E-state index contributed by atoms with van der Waals surface area (Å²) in [5.74, 6) is -0.0139. The Bertz CT molecular complexity index is 279. The Morgan fingerprint density at radius 2 is 2.55 bits per heavy atom. The maximum absolute atomic E-state index is 11.2. The number of rotatable bonds is 0. The minimum absolute atomic E-state index is 0.0139. The summed E-state index contributed by atoms with van der Waals surface area (Å²) in [6.45, 7) is 1.59. The number of hydrogen-bond acceptors (Lipinski definition) is 2.